The Morgan fingerprint density at radius 3 is 2.41 bits per heavy atom. The van der Waals surface area contributed by atoms with E-state index in [1.165, 1.54) is 5.56 Å². The van der Waals surface area contributed by atoms with Gasteiger partial charge >= 0.3 is 0 Å². The molecule has 1 amide bonds. The fourth-order valence-electron chi connectivity index (χ4n) is 4.67. The van der Waals surface area contributed by atoms with Gasteiger partial charge in [0.1, 0.15) is 5.82 Å². The maximum absolute atomic E-state index is 13.9. The molecular formula is C28H31FN2O. The van der Waals surface area contributed by atoms with Gasteiger partial charge in [-0.25, -0.2) is 4.39 Å². The molecule has 32 heavy (non-hydrogen) atoms. The van der Waals surface area contributed by atoms with Crippen molar-refractivity contribution in [2.75, 3.05) is 13.1 Å². The summed E-state index contributed by atoms with van der Waals surface area (Å²) in [5.74, 6) is -0.0249. The van der Waals surface area contributed by atoms with Crippen molar-refractivity contribution >= 4 is 5.91 Å². The standard InChI is InChI=1S/C28H31FN2O/c1-20-15-24(13-14-27(20)29)25-16-26(19-31(18-25)17-22-9-5-3-6-10-22)28(32)30-21(2)23-11-7-4-8-12-23/h3-15,21,25-26H,16-19H2,1-2H3,(H,30,32). The largest absolute Gasteiger partial charge is 0.349 e. The average molecular weight is 431 g/mol. The highest BCUT2D eigenvalue weighted by atomic mass is 19.1. The van der Waals surface area contributed by atoms with Gasteiger partial charge in [0, 0.05) is 19.6 Å². The number of halogens is 1. The van der Waals surface area contributed by atoms with E-state index in [-0.39, 0.29) is 29.6 Å². The predicted octanol–water partition coefficient (Wildman–Crippen LogP) is 5.62. The molecule has 1 heterocycles. The normalized spacial score (nSPS) is 20.0. The third-order valence-corrected chi connectivity index (χ3v) is 6.46. The first kappa shape index (κ1) is 22.2. The summed E-state index contributed by atoms with van der Waals surface area (Å²) in [6.45, 7) is 6.21. The van der Waals surface area contributed by atoms with E-state index < -0.39 is 0 Å². The Morgan fingerprint density at radius 2 is 1.72 bits per heavy atom. The van der Waals surface area contributed by atoms with Crippen LogP contribution >= 0.6 is 0 Å². The number of hydrogen-bond acceptors (Lipinski definition) is 2. The van der Waals surface area contributed by atoms with Crippen molar-refractivity contribution in [3.8, 4) is 0 Å². The van der Waals surface area contributed by atoms with Gasteiger partial charge in [0.15, 0.2) is 0 Å². The van der Waals surface area contributed by atoms with E-state index in [1.54, 1.807) is 13.0 Å². The first-order valence-corrected chi connectivity index (χ1v) is 11.4. The van der Waals surface area contributed by atoms with Gasteiger partial charge in [0.25, 0.3) is 0 Å². The summed E-state index contributed by atoms with van der Waals surface area (Å²) in [4.78, 5) is 15.6. The number of amides is 1. The Labute approximate surface area is 190 Å². The number of nitrogens with one attached hydrogen (secondary N) is 1. The van der Waals surface area contributed by atoms with Crippen LogP contribution in [-0.2, 0) is 11.3 Å². The molecule has 1 N–H and O–H groups in total. The van der Waals surface area contributed by atoms with E-state index in [0.717, 1.165) is 37.2 Å². The number of carbonyl (C=O) groups excluding carboxylic acids is 1. The molecule has 3 aromatic rings. The zero-order chi connectivity index (χ0) is 22.5. The lowest BCUT2D eigenvalue weighted by atomic mass is 9.83. The number of nitrogens with zero attached hydrogens (tertiary/aromatic N) is 1. The van der Waals surface area contributed by atoms with Crippen LogP contribution in [0.3, 0.4) is 0 Å². The molecule has 3 atom stereocenters. The number of benzene rings is 3. The van der Waals surface area contributed by atoms with Gasteiger partial charge in [0.2, 0.25) is 5.91 Å². The molecule has 0 saturated carbocycles. The zero-order valence-corrected chi connectivity index (χ0v) is 18.8. The topological polar surface area (TPSA) is 32.3 Å². The summed E-state index contributed by atoms with van der Waals surface area (Å²) >= 11 is 0. The highest BCUT2D eigenvalue weighted by molar-refractivity contribution is 5.79. The van der Waals surface area contributed by atoms with Gasteiger partial charge in [-0.05, 0) is 54.5 Å². The molecule has 1 aliphatic heterocycles. The molecular weight excluding hydrogens is 399 g/mol. The van der Waals surface area contributed by atoms with Crippen molar-refractivity contribution in [2.24, 2.45) is 5.92 Å². The quantitative estimate of drug-likeness (QED) is 0.551. The number of hydrogen-bond donors (Lipinski definition) is 1. The van der Waals surface area contributed by atoms with Gasteiger partial charge in [-0.2, -0.15) is 0 Å². The number of piperidine rings is 1. The second-order valence-corrected chi connectivity index (χ2v) is 8.96. The number of likely N-dealkylation sites (tertiary alicyclic amines) is 1. The molecule has 3 aromatic carbocycles. The maximum Gasteiger partial charge on any atom is 0.224 e. The monoisotopic (exact) mass is 430 g/mol. The SMILES string of the molecule is Cc1cc(C2CC(C(=O)NC(C)c3ccccc3)CN(Cc3ccccc3)C2)ccc1F. The smallest absolute Gasteiger partial charge is 0.224 e. The van der Waals surface area contributed by atoms with Crippen LogP contribution in [0.1, 0.15) is 47.6 Å². The second-order valence-electron chi connectivity index (χ2n) is 8.96. The minimum absolute atomic E-state index is 0.0419. The van der Waals surface area contributed by atoms with E-state index in [0.29, 0.717) is 5.56 Å². The minimum atomic E-state index is -0.184. The highest BCUT2D eigenvalue weighted by Gasteiger charge is 2.33. The average Bonchev–Trinajstić information content (AvgIpc) is 2.82. The molecule has 4 heteroatoms. The molecule has 0 spiro atoms. The Balaban J connectivity index is 1.53. The summed E-state index contributed by atoms with van der Waals surface area (Å²) in [6.07, 6.45) is 0.768. The van der Waals surface area contributed by atoms with Crippen LogP contribution in [0.25, 0.3) is 0 Å². The van der Waals surface area contributed by atoms with Gasteiger partial charge in [0.05, 0.1) is 12.0 Å². The molecule has 166 valence electrons. The van der Waals surface area contributed by atoms with Crippen molar-refractivity contribution in [2.45, 2.75) is 38.8 Å². The fourth-order valence-corrected chi connectivity index (χ4v) is 4.67. The summed E-state index contributed by atoms with van der Waals surface area (Å²) < 4.78 is 13.9. The molecule has 0 radical (unpaired) electrons. The van der Waals surface area contributed by atoms with E-state index in [2.05, 4.69) is 22.3 Å². The minimum Gasteiger partial charge on any atom is -0.349 e. The Hall–Kier alpha value is -2.98. The second kappa shape index (κ2) is 10.1. The van der Waals surface area contributed by atoms with Crippen LogP contribution in [0, 0.1) is 18.7 Å². The third kappa shape index (κ3) is 5.43. The van der Waals surface area contributed by atoms with Crippen molar-refractivity contribution < 1.29 is 9.18 Å². The fraction of sp³-hybridized carbons (Fsp3) is 0.321. The third-order valence-electron chi connectivity index (χ3n) is 6.46. The molecule has 3 unspecified atom stereocenters. The van der Waals surface area contributed by atoms with Crippen LogP contribution < -0.4 is 5.32 Å². The van der Waals surface area contributed by atoms with Crippen molar-refractivity contribution in [3.63, 3.8) is 0 Å². The van der Waals surface area contributed by atoms with Crippen molar-refractivity contribution in [3.05, 3.63) is 107 Å². The summed E-state index contributed by atoms with van der Waals surface area (Å²) in [5.41, 5.74) is 4.10. The summed E-state index contributed by atoms with van der Waals surface area (Å²) in [5, 5.41) is 3.22. The van der Waals surface area contributed by atoms with Gasteiger partial charge in [-0.3, -0.25) is 9.69 Å². The van der Waals surface area contributed by atoms with Crippen molar-refractivity contribution in [1.82, 2.24) is 10.2 Å². The van der Waals surface area contributed by atoms with E-state index in [1.807, 2.05) is 67.6 Å². The molecule has 3 nitrogen and oxygen atoms in total. The summed E-state index contributed by atoms with van der Waals surface area (Å²) in [6, 6.07) is 25.7. The Kier molecular flexibility index (Phi) is 7.01. The van der Waals surface area contributed by atoms with Crippen LogP contribution in [-0.4, -0.2) is 23.9 Å². The van der Waals surface area contributed by atoms with E-state index in [9.17, 15) is 9.18 Å². The number of rotatable bonds is 6. The van der Waals surface area contributed by atoms with Crippen LogP contribution in [0.2, 0.25) is 0 Å². The molecule has 0 bridgehead atoms. The number of carbonyl (C=O) groups is 1. The lowest BCUT2D eigenvalue weighted by Gasteiger charge is -2.38. The van der Waals surface area contributed by atoms with Crippen molar-refractivity contribution in [1.29, 1.82) is 0 Å². The first-order valence-electron chi connectivity index (χ1n) is 11.4. The lowest BCUT2D eigenvalue weighted by molar-refractivity contribution is -0.127. The molecule has 0 aliphatic carbocycles. The van der Waals surface area contributed by atoms with Crippen LogP contribution in [0.15, 0.2) is 78.9 Å². The van der Waals surface area contributed by atoms with E-state index in [4.69, 9.17) is 0 Å². The number of aryl methyl sites for hydroxylation is 1. The lowest BCUT2D eigenvalue weighted by Crippen LogP contribution is -2.45. The van der Waals surface area contributed by atoms with Gasteiger partial charge in [-0.1, -0.05) is 72.8 Å². The molecule has 1 aliphatic rings. The van der Waals surface area contributed by atoms with Gasteiger partial charge in [-0.15, -0.1) is 0 Å². The Morgan fingerprint density at radius 1 is 1.03 bits per heavy atom. The molecule has 1 saturated heterocycles. The maximum atomic E-state index is 13.9. The van der Waals surface area contributed by atoms with E-state index >= 15 is 0 Å². The molecule has 0 aromatic heterocycles. The highest BCUT2D eigenvalue weighted by Crippen LogP contribution is 2.32. The first-order chi connectivity index (χ1) is 15.5. The predicted molar refractivity (Wildman–Crippen MR) is 127 cm³/mol. The van der Waals surface area contributed by atoms with Crippen LogP contribution in [0.4, 0.5) is 4.39 Å². The summed E-state index contributed by atoms with van der Waals surface area (Å²) in [7, 11) is 0. The molecule has 4 rings (SSSR count). The Bertz CT molecular complexity index is 1040. The zero-order valence-electron chi connectivity index (χ0n) is 18.8. The molecule has 1 fully saturated rings. The van der Waals surface area contributed by atoms with Gasteiger partial charge < -0.3 is 5.32 Å². The van der Waals surface area contributed by atoms with Crippen LogP contribution in [0.5, 0.6) is 0 Å².